The van der Waals surface area contributed by atoms with E-state index in [-0.39, 0.29) is 23.2 Å². The standard InChI is InChI=1S/C18H18FN5O2S/c19-13-4-1-5-14-16(13)22-18(27-14)23-10-12(11-23)17(26)20-7-3-9-24-15(25)6-2-8-21-24/h1-2,4-6,8,12H,3,7,9-11H2,(H,20,26). The van der Waals surface area contributed by atoms with Gasteiger partial charge in [-0.1, -0.05) is 17.4 Å². The van der Waals surface area contributed by atoms with Crippen molar-refractivity contribution in [2.75, 3.05) is 24.5 Å². The predicted molar refractivity (Wildman–Crippen MR) is 101 cm³/mol. The zero-order chi connectivity index (χ0) is 18.8. The highest BCUT2D eigenvalue weighted by Crippen LogP contribution is 2.33. The van der Waals surface area contributed by atoms with E-state index in [9.17, 15) is 14.0 Å². The Hall–Kier alpha value is -2.81. The third kappa shape index (κ3) is 3.68. The summed E-state index contributed by atoms with van der Waals surface area (Å²) in [7, 11) is 0. The number of fused-ring (bicyclic) bond motifs is 1. The molecule has 0 aliphatic carbocycles. The fraction of sp³-hybridized carbons (Fsp3) is 0.333. The van der Waals surface area contributed by atoms with Crippen LogP contribution < -0.4 is 15.8 Å². The van der Waals surface area contributed by atoms with Crippen LogP contribution in [0.15, 0.2) is 41.3 Å². The van der Waals surface area contributed by atoms with Gasteiger partial charge in [0.25, 0.3) is 5.56 Å². The zero-order valence-electron chi connectivity index (χ0n) is 14.5. The fourth-order valence-corrected chi connectivity index (χ4v) is 3.98. The van der Waals surface area contributed by atoms with Crippen LogP contribution in [0, 0.1) is 11.7 Å². The summed E-state index contributed by atoms with van der Waals surface area (Å²) in [5, 5.41) is 7.62. The normalized spacial score (nSPS) is 14.3. The number of para-hydroxylation sites is 1. The van der Waals surface area contributed by atoms with Crippen LogP contribution in [0.1, 0.15) is 6.42 Å². The number of halogens is 1. The first-order valence-electron chi connectivity index (χ1n) is 8.71. The van der Waals surface area contributed by atoms with Crippen molar-refractivity contribution in [2.24, 2.45) is 5.92 Å². The minimum Gasteiger partial charge on any atom is -0.356 e. The summed E-state index contributed by atoms with van der Waals surface area (Å²) >= 11 is 1.43. The summed E-state index contributed by atoms with van der Waals surface area (Å²) in [6, 6.07) is 7.98. The van der Waals surface area contributed by atoms with Crippen LogP contribution in [0.4, 0.5) is 9.52 Å². The van der Waals surface area contributed by atoms with Crippen molar-refractivity contribution in [3.8, 4) is 0 Å². The average Bonchev–Trinajstić information content (AvgIpc) is 3.04. The highest BCUT2D eigenvalue weighted by atomic mass is 32.1. The van der Waals surface area contributed by atoms with E-state index in [2.05, 4.69) is 15.4 Å². The van der Waals surface area contributed by atoms with E-state index < -0.39 is 0 Å². The Bertz CT molecular complexity index is 1030. The van der Waals surface area contributed by atoms with Crippen molar-refractivity contribution in [1.82, 2.24) is 20.1 Å². The molecule has 9 heteroatoms. The van der Waals surface area contributed by atoms with E-state index in [1.165, 1.54) is 28.2 Å². The first-order valence-corrected chi connectivity index (χ1v) is 9.53. The number of carbonyl (C=O) groups is 1. The van der Waals surface area contributed by atoms with E-state index >= 15 is 0 Å². The molecule has 1 aliphatic heterocycles. The molecule has 0 radical (unpaired) electrons. The molecule has 2 aromatic heterocycles. The van der Waals surface area contributed by atoms with E-state index in [0.29, 0.717) is 38.1 Å². The van der Waals surface area contributed by atoms with Crippen LogP contribution in [0.5, 0.6) is 0 Å². The Morgan fingerprint density at radius 3 is 2.93 bits per heavy atom. The maximum Gasteiger partial charge on any atom is 0.266 e. The molecule has 4 rings (SSSR count). The minimum atomic E-state index is -0.322. The molecule has 1 saturated heterocycles. The highest BCUT2D eigenvalue weighted by molar-refractivity contribution is 7.22. The first-order chi connectivity index (χ1) is 13.1. The second-order valence-electron chi connectivity index (χ2n) is 6.41. The molecule has 7 nitrogen and oxygen atoms in total. The molecule has 1 aliphatic rings. The zero-order valence-corrected chi connectivity index (χ0v) is 15.3. The van der Waals surface area contributed by atoms with Crippen molar-refractivity contribution in [3.05, 3.63) is 52.7 Å². The number of nitrogens with zero attached hydrogens (tertiary/aromatic N) is 4. The van der Waals surface area contributed by atoms with Gasteiger partial charge in [0.15, 0.2) is 5.13 Å². The van der Waals surface area contributed by atoms with E-state index in [1.54, 1.807) is 18.3 Å². The Labute approximate surface area is 158 Å². The van der Waals surface area contributed by atoms with Crippen molar-refractivity contribution < 1.29 is 9.18 Å². The van der Waals surface area contributed by atoms with Crippen LogP contribution in [0.25, 0.3) is 10.2 Å². The molecular weight excluding hydrogens is 369 g/mol. The molecule has 1 fully saturated rings. The van der Waals surface area contributed by atoms with Gasteiger partial charge in [-0.3, -0.25) is 9.59 Å². The molecule has 1 N–H and O–H groups in total. The molecule has 0 bridgehead atoms. The van der Waals surface area contributed by atoms with Crippen molar-refractivity contribution >= 4 is 32.6 Å². The Kier molecular flexibility index (Phi) is 4.85. The number of carbonyl (C=O) groups excluding carboxylic acids is 1. The largest absolute Gasteiger partial charge is 0.356 e. The number of hydrogen-bond acceptors (Lipinski definition) is 6. The van der Waals surface area contributed by atoms with Crippen LogP contribution in [-0.2, 0) is 11.3 Å². The number of benzene rings is 1. The molecule has 27 heavy (non-hydrogen) atoms. The van der Waals surface area contributed by atoms with Gasteiger partial charge in [0.2, 0.25) is 5.91 Å². The molecule has 1 amide bonds. The average molecular weight is 387 g/mol. The summed E-state index contributed by atoms with van der Waals surface area (Å²) in [6.07, 6.45) is 2.20. The molecule has 0 spiro atoms. The number of aromatic nitrogens is 3. The molecule has 140 valence electrons. The summed E-state index contributed by atoms with van der Waals surface area (Å²) in [5.74, 6) is -0.428. The molecule has 3 aromatic rings. The number of hydrogen-bond donors (Lipinski definition) is 1. The smallest absolute Gasteiger partial charge is 0.266 e. The van der Waals surface area contributed by atoms with Gasteiger partial charge < -0.3 is 10.2 Å². The lowest BCUT2D eigenvalue weighted by Gasteiger charge is -2.37. The maximum atomic E-state index is 13.7. The lowest BCUT2D eigenvalue weighted by atomic mass is 10.00. The van der Waals surface area contributed by atoms with Crippen LogP contribution >= 0.6 is 11.3 Å². The monoisotopic (exact) mass is 387 g/mol. The number of aryl methyl sites for hydroxylation is 1. The quantitative estimate of drug-likeness (QED) is 0.651. The van der Waals surface area contributed by atoms with E-state index in [1.807, 2.05) is 11.0 Å². The summed E-state index contributed by atoms with van der Waals surface area (Å²) in [5.41, 5.74) is 0.237. The van der Waals surface area contributed by atoms with Crippen molar-refractivity contribution in [2.45, 2.75) is 13.0 Å². The lowest BCUT2D eigenvalue weighted by Crippen LogP contribution is -2.53. The first kappa shape index (κ1) is 17.6. The van der Waals surface area contributed by atoms with Gasteiger partial charge in [0, 0.05) is 38.4 Å². The van der Waals surface area contributed by atoms with E-state index in [0.717, 1.165) is 9.83 Å². The number of rotatable bonds is 6. The number of thiazole rings is 1. The Morgan fingerprint density at radius 1 is 1.30 bits per heavy atom. The van der Waals surface area contributed by atoms with Gasteiger partial charge in [-0.05, 0) is 24.6 Å². The third-order valence-corrected chi connectivity index (χ3v) is 5.59. The predicted octanol–water partition coefficient (Wildman–Crippen LogP) is 1.63. The summed E-state index contributed by atoms with van der Waals surface area (Å²) < 4.78 is 15.9. The number of amides is 1. The van der Waals surface area contributed by atoms with Gasteiger partial charge in [-0.25, -0.2) is 14.1 Å². The lowest BCUT2D eigenvalue weighted by molar-refractivity contribution is -0.125. The van der Waals surface area contributed by atoms with Crippen molar-refractivity contribution in [3.63, 3.8) is 0 Å². The number of nitrogens with one attached hydrogen (secondary N) is 1. The van der Waals surface area contributed by atoms with Crippen LogP contribution in [0.3, 0.4) is 0 Å². The van der Waals surface area contributed by atoms with Crippen LogP contribution in [0.2, 0.25) is 0 Å². The fourth-order valence-electron chi connectivity index (χ4n) is 2.98. The molecule has 1 aromatic carbocycles. The molecular formula is C18H18FN5O2S. The van der Waals surface area contributed by atoms with Crippen LogP contribution in [-0.4, -0.2) is 40.3 Å². The molecule has 3 heterocycles. The second kappa shape index (κ2) is 7.43. The third-order valence-electron chi connectivity index (χ3n) is 4.51. The number of anilines is 1. The Morgan fingerprint density at radius 2 is 2.15 bits per heavy atom. The SMILES string of the molecule is O=C(NCCCn1ncccc1=O)C1CN(c2nc3c(F)cccc3s2)C1. The summed E-state index contributed by atoms with van der Waals surface area (Å²) in [6.45, 7) is 2.11. The maximum absolute atomic E-state index is 13.7. The van der Waals surface area contributed by atoms with Gasteiger partial charge >= 0.3 is 0 Å². The van der Waals surface area contributed by atoms with E-state index in [4.69, 9.17) is 0 Å². The van der Waals surface area contributed by atoms with Gasteiger partial charge in [0.05, 0.1) is 10.6 Å². The molecule has 0 atom stereocenters. The molecule has 0 saturated carbocycles. The van der Waals surface area contributed by atoms with Gasteiger partial charge in [-0.2, -0.15) is 5.10 Å². The van der Waals surface area contributed by atoms with Gasteiger partial charge in [0.1, 0.15) is 11.3 Å². The minimum absolute atomic E-state index is 0.00749. The summed E-state index contributed by atoms with van der Waals surface area (Å²) in [4.78, 5) is 30.1. The highest BCUT2D eigenvalue weighted by Gasteiger charge is 2.34. The Balaban J connectivity index is 1.24. The second-order valence-corrected chi connectivity index (χ2v) is 7.42. The molecule has 0 unspecified atom stereocenters. The topological polar surface area (TPSA) is 80.1 Å². The van der Waals surface area contributed by atoms with Gasteiger partial charge in [-0.15, -0.1) is 0 Å². The van der Waals surface area contributed by atoms with Crippen molar-refractivity contribution in [1.29, 1.82) is 0 Å².